The molecule has 0 aliphatic carbocycles. The number of aromatic nitrogens is 1. The van der Waals surface area contributed by atoms with E-state index in [4.69, 9.17) is 4.74 Å². The molecule has 0 saturated carbocycles. The lowest BCUT2D eigenvalue weighted by Crippen LogP contribution is -2.34. The van der Waals surface area contributed by atoms with Gasteiger partial charge in [0.05, 0.1) is 6.10 Å². The summed E-state index contributed by atoms with van der Waals surface area (Å²) in [6.45, 7) is 1.62. The van der Waals surface area contributed by atoms with Crippen molar-refractivity contribution in [2.24, 2.45) is 0 Å². The maximum absolute atomic E-state index is 12.8. The average Bonchev–Trinajstić information content (AvgIpc) is 2.88. The molecule has 0 bridgehead atoms. The molecule has 1 aliphatic rings. The topological polar surface area (TPSA) is 43.3 Å². The third-order valence-electron chi connectivity index (χ3n) is 3.25. The molecule has 1 aromatic heterocycles. The van der Waals surface area contributed by atoms with Crippen molar-refractivity contribution >= 4 is 0 Å². The summed E-state index contributed by atoms with van der Waals surface area (Å²) in [5, 5.41) is 3.03. The van der Waals surface area contributed by atoms with Crippen molar-refractivity contribution in [2.75, 3.05) is 19.7 Å². The van der Waals surface area contributed by atoms with Crippen molar-refractivity contribution in [3.63, 3.8) is 0 Å². The standard InChI is InChI=1S/C13H17F3N2O2/c14-13(15,16)11-4-1-5-12(19)18(11)7-6-17-9-10-3-2-8-20-10/h1,4-5,10,17H,2-3,6-9H2. The van der Waals surface area contributed by atoms with E-state index in [-0.39, 0.29) is 12.6 Å². The lowest BCUT2D eigenvalue weighted by Gasteiger charge is -2.16. The number of halogens is 3. The Morgan fingerprint density at radius 2 is 2.20 bits per heavy atom. The monoisotopic (exact) mass is 290 g/mol. The molecule has 4 nitrogen and oxygen atoms in total. The first kappa shape index (κ1) is 15.1. The van der Waals surface area contributed by atoms with Gasteiger partial charge >= 0.3 is 6.18 Å². The van der Waals surface area contributed by atoms with Crippen LogP contribution in [-0.2, 0) is 17.5 Å². The third-order valence-corrected chi connectivity index (χ3v) is 3.25. The molecule has 20 heavy (non-hydrogen) atoms. The van der Waals surface area contributed by atoms with Gasteiger partial charge in [0.25, 0.3) is 5.56 Å². The molecule has 2 heterocycles. The van der Waals surface area contributed by atoms with Gasteiger partial charge in [0.15, 0.2) is 0 Å². The molecule has 0 amide bonds. The summed E-state index contributed by atoms with van der Waals surface area (Å²) >= 11 is 0. The zero-order valence-electron chi connectivity index (χ0n) is 10.9. The van der Waals surface area contributed by atoms with Gasteiger partial charge in [0.2, 0.25) is 0 Å². The van der Waals surface area contributed by atoms with Gasteiger partial charge in [-0.1, -0.05) is 6.07 Å². The summed E-state index contributed by atoms with van der Waals surface area (Å²) in [7, 11) is 0. The Morgan fingerprint density at radius 1 is 1.40 bits per heavy atom. The Morgan fingerprint density at radius 3 is 2.85 bits per heavy atom. The smallest absolute Gasteiger partial charge is 0.377 e. The van der Waals surface area contributed by atoms with Crippen molar-refractivity contribution < 1.29 is 17.9 Å². The normalized spacial score (nSPS) is 19.4. The Kier molecular flexibility index (Phi) is 4.82. The van der Waals surface area contributed by atoms with Crippen LogP contribution in [0.5, 0.6) is 0 Å². The summed E-state index contributed by atoms with van der Waals surface area (Å²) < 4.78 is 44.5. The number of nitrogens with zero attached hydrogens (tertiary/aromatic N) is 1. The maximum atomic E-state index is 12.8. The molecule has 1 N–H and O–H groups in total. The second-order valence-corrected chi connectivity index (χ2v) is 4.74. The third kappa shape index (κ3) is 3.83. The molecule has 7 heteroatoms. The van der Waals surface area contributed by atoms with Gasteiger partial charge in [-0.25, -0.2) is 0 Å². The number of rotatable bonds is 5. The minimum absolute atomic E-state index is 0.0127. The van der Waals surface area contributed by atoms with Gasteiger partial charge in [-0.15, -0.1) is 0 Å². The Bertz CT molecular complexity index is 493. The average molecular weight is 290 g/mol. The van der Waals surface area contributed by atoms with Crippen molar-refractivity contribution in [3.8, 4) is 0 Å². The zero-order chi connectivity index (χ0) is 14.6. The molecule has 1 unspecified atom stereocenters. The predicted molar refractivity (Wildman–Crippen MR) is 67.5 cm³/mol. The van der Waals surface area contributed by atoms with Gasteiger partial charge in [-0.05, 0) is 18.9 Å². The van der Waals surface area contributed by atoms with Crippen LogP contribution in [0.25, 0.3) is 0 Å². The van der Waals surface area contributed by atoms with Crippen molar-refractivity contribution in [1.82, 2.24) is 9.88 Å². The molecular weight excluding hydrogens is 273 g/mol. The highest BCUT2D eigenvalue weighted by atomic mass is 19.4. The molecule has 0 radical (unpaired) electrons. The Balaban J connectivity index is 1.93. The van der Waals surface area contributed by atoms with Crippen LogP contribution < -0.4 is 10.9 Å². The number of ether oxygens (including phenoxy) is 1. The fourth-order valence-corrected chi connectivity index (χ4v) is 2.26. The molecule has 0 aromatic carbocycles. The van der Waals surface area contributed by atoms with E-state index in [1.54, 1.807) is 0 Å². The SMILES string of the molecule is O=c1cccc(C(F)(F)F)n1CCNCC1CCCO1. The zero-order valence-corrected chi connectivity index (χ0v) is 10.9. The highest BCUT2D eigenvalue weighted by Gasteiger charge is 2.33. The van der Waals surface area contributed by atoms with Gasteiger partial charge in [-0.3, -0.25) is 4.79 Å². The van der Waals surface area contributed by atoms with Crippen LogP contribution >= 0.6 is 0 Å². The fraction of sp³-hybridized carbons (Fsp3) is 0.615. The van der Waals surface area contributed by atoms with E-state index in [2.05, 4.69) is 5.32 Å². The lowest BCUT2D eigenvalue weighted by molar-refractivity contribution is -0.144. The largest absolute Gasteiger partial charge is 0.431 e. The van der Waals surface area contributed by atoms with Crippen molar-refractivity contribution in [3.05, 3.63) is 34.2 Å². The van der Waals surface area contributed by atoms with E-state index in [1.807, 2.05) is 0 Å². The van der Waals surface area contributed by atoms with E-state index >= 15 is 0 Å². The molecule has 2 rings (SSSR count). The van der Waals surface area contributed by atoms with Crippen LogP contribution in [-0.4, -0.2) is 30.4 Å². The first-order valence-corrected chi connectivity index (χ1v) is 6.58. The summed E-state index contributed by atoms with van der Waals surface area (Å²) in [5.74, 6) is 0. The molecule has 0 spiro atoms. The minimum atomic E-state index is -4.52. The number of nitrogens with one attached hydrogen (secondary N) is 1. The van der Waals surface area contributed by atoms with E-state index in [0.717, 1.165) is 42.2 Å². The highest BCUT2D eigenvalue weighted by Crippen LogP contribution is 2.27. The van der Waals surface area contributed by atoms with Gasteiger partial charge < -0.3 is 14.6 Å². The number of pyridine rings is 1. The van der Waals surface area contributed by atoms with Crippen LogP contribution in [0.2, 0.25) is 0 Å². The second kappa shape index (κ2) is 6.41. The van der Waals surface area contributed by atoms with E-state index in [9.17, 15) is 18.0 Å². The number of hydrogen-bond acceptors (Lipinski definition) is 3. The first-order valence-electron chi connectivity index (χ1n) is 6.58. The Labute approximate surface area is 114 Å². The highest BCUT2D eigenvalue weighted by molar-refractivity contribution is 5.10. The number of hydrogen-bond donors (Lipinski definition) is 1. The van der Waals surface area contributed by atoms with Gasteiger partial charge in [-0.2, -0.15) is 13.2 Å². The molecule has 1 aliphatic heterocycles. The van der Waals surface area contributed by atoms with Crippen LogP contribution in [0, 0.1) is 0 Å². The van der Waals surface area contributed by atoms with Gasteiger partial charge in [0.1, 0.15) is 5.69 Å². The maximum Gasteiger partial charge on any atom is 0.431 e. The molecule has 1 fully saturated rings. The predicted octanol–water partition coefficient (Wildman–Crippen LogP) is 1.64. The number of alkyl halides is 3. The second-order valence-electron chi connectivity index (χ2n) is 4.74. The molecular formula is C13H17F3N2O2. The first-order chi connectivity index (χ1) is 9.48. The summed E-state index contributed by atoms with van der Waals surface area (Å²) in [6, 6.07) is 3.18. The van der Waals surface area contributed by atoms with Crippen molar-refractivity contribution in [1.29, 1.82) is 0 Å². The van der Waals surface area contributed by atoms with Crippen LogP contribution in [0.1, 0.15) is 18.5 Å². The summed E-state index contributed by atoms with van der Waals surface area (Å²) in [5.41, 5.74) is -1.55. The van der Waals surface area contributed by atoms with Crippen molar-refractivity contribution in [2.45, 2.75) is 31.7 Å². The Hall–Kier alpha value is -1.34. The quantitative estimate of drug-likeness (QED) is 0.838. The molecule has 1 saturated heterocycles. The lowest BCUT2D eigenvalue weighted by atomic mass is 10.2. The molecule has 112 valence electrons. The summed E-state index contributed by atoms with van der Waals surface area (Å²) in [4.78, 5) is 11.5. The van der Waals surface area contributed by atoms with E-state index in [1.165, 1.54) is 0 Å². The van der Waals surface area contributed by atoms with E-state index in [0.29, 0.717) is 13.1 Å². The van der Waals surface area contributed by atoms with Crippen LogP contribution in [0.3, 0.4) is 0 Å². The fourth-order valence-electron chi connectivity index (χ4n) is 2.26. The molecule has 1 atom stereocenters. The van der Waals surface area contributed by atoms with Crippen LogP contribution in [0.15, 0.2) is 23.0 Å². The van der Waals surface area contributed by atoms with Gasteiger partial charge in [0, 0.05) is 32.3 Å². The van der Waals surface area contributed by atoms with E-state index < -0.39 is 17.4 Å². The summed E-state index contributed by atoms with van der Waals surface area (Å²) in [6.07, 6.45) is -2.41. The minimum Gasteiger partial charge on any atom is -0.377 e. The van der Waals surface area contributed by atoms with Crippen LogP contribution in [0.4, 0.5) is 13.2 Å². The molecule has 1 aromatic rings.